The third-order valence-corrected chi connectivity index (χ3v) is 2.75. The number of nitrogen functional groups attached to an aromatic ring is 1. The Morgan fingerprint density at radius 1 is 1.16 bits per heavy atom. The van der Waals surface area contributed by atoms with Crippen LogP contribution < -0.4 is 15.8 Å². The largest absolute Gasteiger partial charge is 0.494 e. The van der Waals surface area contributed by atoms with Crippen LogP contribution in [0.4, 0.5) is 20.2 Å². The molecular weight excluding hydrogens is 250 g/mol. The molecule has 100 valence electrons. The van der Waals surface area contributed by atoms with Gasteiger partial charge in [0.1, 0.15) is 5.82 Å². The highest BCUT2D eigenvalue weighted by atomic mass is 19.1. The lowest BCUT2D eigenvalue weighted by Gasteiger charge is -2.11. The molecule has 0 amide bonds. The minimum Gasteiger partial charge on any atom is -0.494 e. The van der Waals surface area contributed by atoms with Gasteiger partial charge in [-0.05, 0) is 18.2 Å². The topological polar surface area (TPSA) is 47.3 Å². The maximum Gasteiger partial charge on any atom is 0.165 e. The van der Waals surface area contributed by atoms with E-state index in [1.807, 2.05) is 6.07 Å². The van der Waals surface area contributed by atoms with Crippen LogP contribution in [0.5, 0.6) is 5.75 Å². The molecule has 2 aromatic rings. The third kappa shape index (κ3) is 2.93. The van der Waals surface area contributed by atoms with Crippen molar-refractivity contribution in [3.05, 3.63) is 53.6 Å². The summed E-state index contributed by atoms with van der Waals surface area (Å²) in [7, 11) is 1.29. The van der Waals surface area contributed by atoms with E-state index in [4.69, 9.17) is 10.5 Å². The molecular formula is C14H14F2N2O. The van der Waals surface area contributed by atoms with Crippen LogP contribution in [-0.4, -0.2) is 7.11 Å². The Morgan fingerprint density at radius 2 is 1.89 bits per heavy atom. The molecule has 0 saturated heterocycles. The van der Waals surface area contributed by atoms with Gasteiger partial charge < -0.3 is 15.8 Å². The number of anilines is 2. The van der Waals surface area contributed by atoms with Crippen LogP contribution in [0.2, 0.25) is 0 Å². The van der Waals surface area contributed by atoms with E-state index in [2.05, 4.69) is 5.32 Å². The molecule has 2 aromatic carbocycles. The molecule has 0 atom stereocenters. The van der Waals surface area contributed by atoms with Crippen molar-refractivity contribution in [3.63, 3.8) is 0 Å². The zero-order valence-corrected chi connectivity index (χ0v) is 10.4. The van der Waals surface area contributed by atoms with E-state index < -0.39 is 11.6 Å². The molecule has 0 aliphatic heterocycles. The van der Waals surface area contributed by atoms with Gasteiger partial charge in [-0.25, -0.2) is 8.78 Å². The van der Waals surface area contributed by atoms with Crippen LogP contribution in [0.3, 0.4) is 0 Å². The summed E-state index contributed by atoms with van der Waals surface area (Å²) in [5.74, 6) is -1.23. The van der Waals surface area contributed by atoms with Gasteiger partial charge in [-0.2, -0.15) is 0 Å². The zero-order valence-electron chi connectivity index (χ0n) is 10.4. The Balaban J connectivity index is 2.16. The molecule has 0 heterocycles. The molecule has 0 unspecified atom stereocenters. The Kier molecular flexibility index (Phi) is 3.85. The maximum atomic E-state index is 13.7. The first-order chi connectivity index (χ1) is 9.11. The molecule has 0 bridgehead atoms. The van der Waals surface area contributed by atoms with Crippen molar-refractivity contribution in [2.45, 2.75) is 6.54 Å². The van der Waals surface area contributed by atoms with Crippen LogP contribution in [0.25, 0.3) is 0 Å². The summed E-state index contributed by atoms with van der Waals surface area (Å²) in [6.45, 7) is 0.140. The van der Waals surface area contributed by atoms with E-state index in [-0.39, 0.29) is 17.9 Å². The first-order valence-electron chi connectivity index (χ1n) is 5.72. The SMILES string of the molecule is COc1cc(F)c(CNc2ccccc2N)cc1F. The molecule has 19 heavy (non-hydrogen) atoms. The number of para-hydroxylation sites is 2. The van der Waals surface area contributed by atoms with Crippen molar-refractivity contribution in [2.24, 2.45) is 0 Å². The van der Waals surface area contributed by atoms with Crippen molar-refractivity contribution in [1.82, 2.24) is 0 Å². The predicted molar refractivity (Wildman–Crippen MR) is 71.1 cm³/mol. The number of nitrogens with one attached hydrogen (secondary N) is 1. The van der Waals surface area contributed by atoms with Gasteiger partial charge in [0.25, 0.3) is 0 Å². The standard InChI is InChI=1S/C14H14F2N2O/c1-19-14-7-10(15)9(6-11(14)16)8-18-13-5-3-2-4-12(13)17/h2-7,18H,8,17H2,1H3. The number of benzene rings is 2. The minimum atomic E-state index is -0.596. The summed E-state index contributed by atoms with van der Waals surface area (Å²) in [5, 5.41) is 2.96. The normalized spacial score (nSPS) is 10.3. The van der Waals surface area contributed by atoms with E-state index >= 15 is 0 Å². The van der Waals surface area contributed by atoms with E-state index in [1.165, 1.54) is 7.11 Å². The van der Waals surface area contributed by atoms with Crippen molar-refractivity contribution in [1.29, 1.82) is 0 Å². The van der Waals surface area contributed by atoms with Gasteiger partial charge in [0, 0.05) is 18.2 Å². The quantitative estimate of drug-likeness (QED) is 0.834. The highest BCUT2D eigenvalue weighted by Gasteiger charge is 2.10. The maximum absolute atomic E-state index is 13.7. The van der Waals surface area contributed by atoms with E-state index in [0.717, 1.165) is 12.1 Å². The molecule has 0 aromatic heterocycles. The van der Waals surface area contributed by atoms with E-state index in [1.54, 1.807) is 18.2 Å². The molecule has 0 spiro atoms. The van der Waals surface area contributed by atoms with Gasteiger partial charge in [0.15, 0.2) is 11.6 Å². The van der Waals surface area contributed by atoms with Gasteiger partial charge in [0.05, 0.1) is 18.5 Å². The number of halogens is 2. The Morgan fingerprint density at radius 3 is 2.58 bits per heavy atom. The molecule has 0 aliphatic carbocycles. The van der Waals surface area contributed by atoms with Crippen molar-refractivity contribution < 1.29 is 13.5 Å². The Labute approximate surface area is 110 Å². The first-order valence-corrected chi connectivity index (χ1v) is 5.72. The van der Waals surface area contributed by atoms with Gasteiger partial charge >= 0.3 is 0 Å². The minimum absolute atomic E-state index is 0.111. The van der Waals surface area contributed by atoms with Crippen LogP contribution in [-0.2, 0) is 6.54 Å². The van der Waals surface area contributed by atoms with Crippen LogP contribution >= 0.6 is 0 Å². The molecule has 3 N–H and O–H groups in total. The number of hydrogen-bond acceptors (Lipinski definition) is 3. The third-order valence-electron chi connectivity index (χ3n) is 2.75. The summed E-state index contributed by atoms with van der Waals surface area (Å²) < 4.78 is 31.9. The fourth-order valence-corrected chi connectivity index (χ4v) is 1.71. The average molecular weight is 264 g/mol. The lowest BCUT2D eigenvalue weighted by Crippen LogP contribution is -2.05. The second-order valence-corrected chi connectivity index (χ2v) is 4.02. The molecule has 3 nitrogen and oxygen atoms in total. The fourth-order valence-electron chi connectivity index (χ4n) is 1.71. The molecule has 0 radical (unpaired) electrons. The van der Waals surface area contributed by atoms with Crippen LogP contribution in [0, 0.1) is 11.6 Å². The molecule has 5 heteroatoms. The summed E-state index contributed by atoms with van der Waals surface area (Å²) in [5.41, 5.74) is 7.19. The molecule has 0 saturated carbocycles. The highest BCUT2D eigenvalue weighted by Crippen LogP contribution is 2.23. The molecule has 0 fully saturated rings. The van der Waals surface area contributed by atoms with E-state index in [9.17, 15) is 8.78 Å². The van der Waals surface area contributed by atoms with Gasteiger partial charge in [-0.3, -0.25) is 0 Å². The van der Waals surface area contributed by atoms with Gasteiger partial charge in [0.2, 0.25) is 0 Å². The summed E-state index contributed by atoms with van der Waals surface area (Å²) >= 11 is 0. The second kappa shape index (κ2) is 5.56. The summed E-state index contributed by atoms with van der Waals surface area (Å²) in [4.78, 5) is 0. The van der Waals surface area contributed by atoms with Crippen molar-refractivity contribution >= 4 is 11.4 Å². The summed E-state index contributed by atoms with van der Waals surface area (Å²) in [6.07, 6.45) is 0. The number of nitrogens with two attached hydrogens (primary N) is 1. The second-order valence-electron chi connectivity index (χ2n) is 4.02. The Hall–Kier alpha value is -2.30. The lowest BCUT2D eigenvalue weighted by molar-refractivity contribution is 0.382. The monoisotopic (exact) mass is 264 g/mol. The first kappa shape index (κ1) is 13.1. The smallest absolute Gasteiger partial charge is 0.165 e. The highest BCUT2D eigenvalue weighted by molar-refractivity contribution is 5.65. The molecule has 2 rings (SSSR count). The Bertz CT molecular complexity index is 588. The van der Waals surface area contributed by atoms with Crippen LogP contribution in [0.15, 0.2) is 36.4 Å². The average Bonchev–Trinajstić information content (AvgIpc) is 2.41. The zero-order chi connectivity index (χ0) is 13.8. The van der Waals surface area contributed by atoms with Gasteiger partial charge in [-0.1, -0.05) is 12.1 Å². The van der Waals surface area contributed by atoms with Crippen LogP contribution in [0.1, 0.15) is 5.56 Å². The van der Waals surface area contributed by atoms with Crippen molar-refractivity contribution in [3.8, 4) is 5.75 Å². The number of rotatable bonds is 4. The lowest BCUT2D eigenvalue weighted by atomic mass is 10.2. The number of ether oxygens (including phenoxy) is 1. The van der Waals surface area contributed by atoms with Crippen molar-refractivity contribution in [2.75, 3.05) is 18.2 Å². The number of methoxy groups -OCH3 is 1. The number of hydrogen-bond donors (Lipinski definition) is 2. The van der Waals surface area contributed by atoms with Gasteiger partial charge in [-0.15, -0.1) is 0 Å². The summed E-state index contributed by atoms with van der Waals surface area (Å²) in [6, 6.07) is 9.25. The predicted octanol–water partition coefficient (Wildman–Crippen LogP) is 3.17. The fraction of sp³-hybridized carbons (Fsp3) is 0.143. The van der Waals surface area contributed by atoms with E-state index in [0.29, 0.717) is 11.4 Å². The molecule has 0 aliphatic rings.